The van der Waals surface area contributed by atoms with Crippen LogP contribution in [0.5, 0.6) is 5.75 Å². The van der Waals surface area contributed by atoms with Gasteiger partial charge in [-0.1, -0.05) is 25.1 Å². The molecule has 0 radical (unpaired) electrons. The van der Waals surface area contributed by atoms with E-state index in [9.17, 15) is 4.79 Å². The Hall–Kier alpha value is -2.83. The molecule has 0 atom stereocenters. The van der Waals surface area contributed by atoms with Gasteiger partial charge in [0.2, 0.25) is 0 Å². The van der Waals surface area contributed by atoms with Crippen molar-refractivity contribution in [3.05, 3.63) is 53.6 Å². The van der Waals surface area contributed by atoms with Crippen molar-refractivity contribution >= 4 is 17.7 Å². The van der Waals surface area contributed by atoms with E-state index in [1.165, 1.54) is 7.11 Å². The average Bonchev–Trinajstić information content (AvgIpc) is 3.05. The minimum Gasteiger partial charge on any atom is -0.491 e. The van der Waals surface area contributed by atoms with Gasteiger partial charge in [0.15, 0.2) is 0 Å². The highest BCUT2D eigenvalue weighted by Gasteiger charge is 2.20. The summed E-state index contributed by atoms with van der Waals surface area (Å²) in [5.74, 6) is 0.559. The molecule has 0 unspecified atom stereocenters. The third-order valence-electron chi connectivity index (χ3n) is 5.75. The maximum atomic E-state index is 12.3. The molecule has 6 heteroatoms. The Morgan fingerprint density at radius 1 is 0.941 bits per heavy atom. The lowest BCUT2D eigenvalue weighted by Gasteiger charge is -2.25. The second-order valence-corrected chi connectivity index (χ2v) is 8.21. The molecule has 0 amide bonds. The lowest BCUT2D eigenvalue weighted by Crippen LogP contribution is -2.27. The first-order valence-electron chi connectivity index (χ1n) is 12.2. The van der Waals surface area contributed by atoms with Gasteiger partial charge in [0.1, 0.15) is 12.4 Å². The first kappa shape index (κ1) is 25.8. The summed E-state index contributed by atoms with van der Waals surface area (Å²) in [6.07, 6.45) is 4.57. The predicted molar refractivity (Wildman–Crippen MR) is 136 cm³/mol. The van der Waals surface area contributed by atoms with E-state index >= 15 is 0 Å². The number of carbonyl (C=O) groups excluding carboxylic acids is 1. The fraction of sp³-hybridized carbons (Fsp3) is 0.464. The van der Waals surface area contributed by atoms with E-state index in [1.807, 2.05) is 25.1 Å². The number of fused-ring (bicyclic) bond motifs is 1. The highest BCUT2D eigenvalue weighted by Crippen LogP contribution is 2.33. The maximum absolute atomic E-state index is 12.3. The highest BCUT2D eigenvalue weighted by atomic mass is 16.5. The van der Waals surface area contributed by atoms with Gasteiger partial charge in [0.05, 0.1) is 13.7 Å². The van der Waals surface area contributed by atoms with Crippen LogP contribution in [0.2, 0.25) is 0 Å². The van der Waals surface area contributed by atoms with Crippen LogP contribution >= 0.6 is 0 Å². The van der Waals surface area contributed by atoms with Crippen molar-refractivity contribution in [2.24, 2.45) is 0 Å². The predicted octanol–water partition coefficient (Wildman–Crippen LogP) is 5.35. The Kier molecular flexibility index (Phi) is 10.4. The fourth-order valence-electron chi connectivity index (χ4n) is 4.01. The van der Waals surface area contributed by atoms with Crippen molar-refractivity contribution in [1.29, 1.82) is 0 Å². The molecule has 0 aromatic heterocycles. The van der Waals surface area contributed by atoms with Gasteiger partial charge in [-0.15, -0.1) is 0 Å². The van der Waals surface area contributed by atoms with Crippen LogP contribution in [0.15, 0.2) is 48.0 Å². The summed E-state index contributed by atoms with van der Waals surface area (Å²) < 4.78 is 21.8. The number of methoxy groups -OCH3 is 1. The monoisotopic (exact) mass is 467 g/mol. The molecular formula is C28H37NO5. The lowest BCUT2D eigenvalue weighted by atomic mass is 10.00. The molecule has 0 N–H and O–H groups in total. The lowest BCUT2D eigenvalue weighted by molar-refractivity contribution is -0.136. The Morgan fingerprint density at radius 3 is 2.47 bits per heavy atom. The van der Waals surface area contributed by atoms with Crippen LogP contribution in [0, 0.1) is 0 Å². The van der Waals surface area contributed by atoms with Crippen molar-refractivity contribution in [3.63, 3.8) is 0 Å². The van der Waals surface area contributed by atoms with E-state index < -0.39 is 0 Å². The van der Waals surface area contributed by atoms with Gasteiger partial charge in [-0.05, 0) is 73.2 Å². The second-order valence-electron chi connectivity index (χ2n) is 8.21. The number of esters is 1. The van der Waals surface area contributed by atoms with Crippen LogP contribution in [0.25, 0.3) is 17.2 Å². The van der Waals surface area contributed by atoms with Crippen LogP contribution < -0.4 is 9.64 Å². The van der Waals surface area contributed by atoms with E-state index in [2.05, 4.69) is 42.2 Å². The van der Waals surface area contributed by atoms with Gasteiger partial charge >= 0.3 is 5.97 Å². The highest BCUT2D eigenvalue weighted by molar-refractivity contribution is 5.96. The minimum atomic E-state index is -0.267. The Labute approximate surface area is 203 Å². The van der Waals surface area contributed by atoms with Crippen molar-refractivity contribution in [3.8, 4) is 16.9 Å². The minimum absolute atomic E-state index is 0.267. The fourth-order valence-corrected chi connectivity index (χ4v) is 4.01. The van der Waals surface area contributed by atoms with Crippen LogP contribution in [-0.2, 0) is 19.0 Å². The third kappa shape index (κ3) is 7.34. The number of rotatable bonds is 13. The van der Waals surface area contributed by atoms with Crippen LogP contribution in [0.4, 0.5) is 5.69 Å². The summed E-state index contributed by atoms with van der Waals surface area (Å²) >= 11 is 0. The summed E-state index contributed by atoms with van der Waals surface area (Å²) in [4.78, 5) is 14.7. The zero-order valence-electron chi connectivity index (χ0n) is 20.7. The number of carbonyl (C=O) groups is 1. The summed E-state index contributed by atoms with van der Waals surface area (Å²) in [6.45, 7) is 9.10. The molecule has 1 aliphatic rings. The van der Waals surface area contributed by atoms with Gasteiger partial charge in [-0.3, -0.25) is 0 Å². The molecule has 0 fully saturated rings. The van der Waals surface area contributed by atoms with E-state index in [0.717, 1.165) is 73.9 Å². The Bertz CT molecular complexity index is 938. The molecule has 0 spiro atoms. The Balaban J connectivity index is 1.77. The van der Waals surface area contributed by atoms with Crippen molar-refractivity contribution in [1.82, 2.24) is 0 Å². The van der Waals surface area contributed by atoms with Crippen molar-refractivity contribution in [2.75, 3.05) is 58.1 Å². The van der Waals surface area contributed by atoms with Gasteiger partial charge in [0.25, 0.3) is 0 Å². The summed E-state index contributed by atoms with van der Waals surface area (Å²) in [5, 5.41) is 0. The molecule has 3 rings (SSSR count). The molecule has 0 saturated heterocycles. The molecule has 0 saturated carbocycles. The second kappa shape index (κ2) is 13.8. The zero-order valence-corrected chi connectivity index (χ0v) is 20.7. The van der Waals surface area contributed by atoms with Crippen molar-refractivity contribution < 1.29 is 23.7 Å². The third-order valence-corrected chi connectivity index (χ3v) is 5.75. The summed E-state index contributed by atoms with van der Waals surface area (Å²) in [6, 6.07) is 14.5. The number of nitrogens with zero attached hydrogens (tertiary/aromatic N) is 1. The topological polar surface area (TPSA) is 57.2 Å². The van der Waals surface area contributed by atoms with Crippen LogP contribution in [0.3, 0.4) is 0 Å². The van der Waals surface area contributed by atoms with E-state index in [0.29, 0.717) is 25.2 Å². The molecular weight excluding hydrogens is 430 g/mol. The summed E-state index contributed by atoms with van der Waals surface area (Å²) in [7, 11) is 1.44. The van der Waals surface area contributed by atoms with E-state index in [1.54, 1.807) is 0 Å². The molecule has 1 aliphatic heterocycles. The normalized spacial score (nSPS) is 13.1. The number of anilines is 1. The van der Waals surface area contributed by atoms with Gasteiger partial charge in [-0.25, -0.2) is 4.79 Å². The number of ether oxygens (including phenoxy) is 4. The van der Waals surface area contributed by atoms with Crippen LogP contribution in [-0.4, -0.2) is 59.2 Å². The molecule has 0 bridgehead atoms. The van der Waals surface area contributed by atoms with E-state index in [-0.39, 0.29) is 5.97 Å². The molecule has 184 valence electrons. The van der Waals surface area contributed by atoms with Gasteiger partial charge < -0.3 is 23.8 Å². The first-order chi connectivity index (χ1) is 16.7. The largest absolute Gasteiger partial charge is 0.491 e. The maximum Gasteiger partial charge on any atom is 0.333 e. The SMILES string of the molecule is CCCOCCOc1ccc(-c2ccc3c(c2)C=C(C(=O)OC)CCN3CCCOCC)cc1. The molecule has 34 heavy (non-hydrogen) atoms. The molecule has 0 aliphatic carbocycles. The van der Waals surface area contributed by atoms with Crippen molar-refractivity contribution in [2.45, 2.75) is 33.1 Å². The zero-order chi connectivity index (χ0) is 24.2. The van der Waals surface area contributed by atoms with Gasteiger partial charge in [0, 0.05) is 44.2 Å². The van der Waals surface area contributed by atoms with E-state index in [4.69, 9.17) is 18.9 Å². The summed E-state index contributed by atoms with van der Waals surface area (Å²) in [5.41, 5.74) is 5.04. The smallest absolute Gasteiger partial charge is 0.333 e. The number of benzene rings is 2. The molecule has 2 aromatic rings. The molecule has 1 heterocycles. The molecule has 2 aromatic carbocycles. The number of hydrogen-bond acceptors (Lipinski definition) is 6. The van der Waals surface area contributed by atoms with Gasteiger partial charge in [-0.2, -0.15) is 0 Å². The Morgan fingerprint density at radius 2 is 1.74 bits per heavy atom. The first-order valence-corrected chi connectivity index (χ1v) is 12.2. The van der Waals surface area contributed by atoms with Crippen LogP contribution in [0.1, 0.15) is 38.7 Å². The standard InChI is InChI=1S/C28H37NO5/c1-4-16-33-18-19-34-26-10-7-22(8-11-26)23-9-12-27-25(20-23)21-24(28(30)31-3)13-15-29(27)14-6-17-32-5-2/h7-12,20-21H,4-6,13-19H2,1-3H3. The quantitative estimate of drug-likeness (QED) is 0.292. The number of hydrogen-bond donors (Lipinski definition) is 0. The molecule has 6 nitrogen and oxygen atoms in total. The average molecular weight is 468 g/mol.